The van der Waals surface area contributed by atoms with Gasteiger partial charge in [0.2, 0.25) is 0 Å². The number of aliphatic hydroxyl groups excluding tert-OH is 1. The maximum Gasteiger partial charge on any atom is 0.145 e. The summed E-state index contributed by atoms with van der Waals surface area (Å²) in [6.45, 7) is 6.61. The largest absolute Gasteiger partial charge is 0.392 e. The van der Waals surface area contributed by atoms with Gasteiger partial charge in [0.1, 0.15) is 6.10 Å². The van der Waals surface area contributed by atoms with E-state index >= 15 is 0 Å². The molecule has 5 heteroatoms. The molecule has 2 unspecified atom stereocenters. The van der Waals surface area contributed by atoms with E-state index < -0.39 is 0 Å². The Kier molecular flexibility index (Phi) is 6.68. The van der Waals surface area contributed by atoms with Crippen LogP contribution in [0, 0.1) is 0 Å². The summed E-state index contributed by atoms with van der Waals surface area (Å²) in [6, 6.07) is 7.68. The second kappa shape index (κ2) is 8.51. The highest BCUT2D eigenvalue weighted by Gasteiger charge is 2.25. The number of oxime groups is 1. The van der Waals surface area contributed by atoms with Gasteiger partial charge in [-0.25, -0.2) is 0 Å². The van der Waals surface area contributed by atoms with Crippen molar-refractivity contribution < 1.29 is 9.94 Å². The number of hydrogen-bond donors (Lipinski definition) is 1. The molecule has 0 fully saturated rings. The van der Waals surface area contributed by atoms with E-state index in [1.807, 2.05) is 31.2 Å². The average Bonchev–Trinajstić information content (AvgIpc) is 2.96. The van der Waals surface area contributed by atoms with Crippen LogP contribution in [0.25, 0.3) is 0 Å². The number of hydrogen-bond acceptors (Lipinski definition) is 4. The maximum absolute atomic E-state index is 9.86. The third-order valence-corrected chi connectivity index (χ3v) is 4.10. The monoisotopic (exact) mass is 324 g/mol. The molecule has 0 aromatic heterocycles. The van der Waals surface area contributed by atoms with Crippen LogP contribution in [-0.4, -0.2) is 47.6 Å². The van der Waals surface area contributed by atoms with E-state index in [1.165, 1.54) is 0 Å². The molecule has 0 aliphatic carbocycles. The quantitative estimate of drug-likeness (QED) is 0.798. The standard InChI is InChI=1S/C17H25ClN2O2/c1-3-9-20(11-15(21)4-2)12-16-10-17(19-22-16)13-5-7-14(18)8-6-13/h5-8,15-16,21H,3-4,9-12H2,1-2H3. The highest BCUT2D eigenvalue weighted by atomic mass is 35.5. The fourth-order valence-electron chi connectivity index (χ4n) is 2.63. The first-order valence-corrected chi connectivity index (χ1v) is 8.39. The van der Waals surface area contributed by atoms with Crippen LogP contribution < -0.4 is 0 Å². The van der Waals surface area contributed by atoms with Gasteiger partial charge in [-0.15, -0.1) is 0 Å². The Balaban J connectivity index is 1.88. The fourth-order valence-corrected chi connectivity index (χ4v) is 2.75. The first kappa shape index (κ1) is 17.3. The molecule has 1 heterocycles. The molecule has 1 aliphatic rings. The molecule has 0 radical (unpaired) electrons. The lowest BCUT2D eigenvalue weighted by Gasteiger charge is -2.25. The van der Waals surface area contributed by atoms with Gasteiger partial charge in [-0.2, -0.15) is 0 Å². The van der Waals surface area contributed by atoms with E-state index in [9.17, 15) is 5.11 Å². The average molecular weight is 325 g/mol. The summed E-state index contributed by atoms with van der Waals surface area (Å²) in [6.07, 6.45) is 2.42. The summed E-state index contributed by atoms with van der Waals surface area (Å²) >= 11 is 5.91. The molecule has 1 aromatic carbocycles. The number of halogens is 1. The summed E-state index contributed by atoms with van der Waals surface area (Å²) in [7, 11) is 0. The van der Waals surface area contributed by atoms with Crippen molar-refractivity contribution in [2.45, 2.75) is 45.3 Å². The topological polar surface area (TPSA) is 45.1 Å². The molecule has 1 aromatic rings. The Bertz CT molecular complexity index is 490. The van der Waals surface area contributed by atoms with E-state index in [1.54, 1.807) is 0 Å². The van der Waals surface area contributed by atoms with Crippen LogP contribution in [0.4, 0.5) is 0 Å². The van der Waals surface area contributed by atoms with E-state index in [4.69, 9.17) is 16.4 Å². The lowest BCUT2D eigenvalue weighted by atomic mass is 10.0. The number of aliphatic hydroxyl groups is 1. The lowest BCUT2D eigenvalue weighted by molar-refractivity contribution is 0.0344. The summed E-state index contributed by atoms with van der Waals surface area (Å²) in [5, 5.41) is 14.8. The minimum absolute atomic E-state index is 0.0567. The molecule has 2 atom stereocenters. The van der Waals surface area contributed by atoms with E-state index in [0.717, 1.165) is 48.6 Å². The van der Waals surface area contributed by atoms with Crippen molar-refractivity contribution in [3.63, 3.8) is 0 Å². The van der Waals surface area contributed by atoms with Gasteiger partial charge in [-0.1, -0.05) is 42.7 Å². The van der Waals surface area contributed by atoms with Crippen molar-refractivity contribution >= 4 is 17.3 Å². The molecule has 1 N–H and O–H groups in total. The zero-order chi connectivity index (χ0) is 15.9. The zero-order valence-electron chi connectivity index (χ0n) is 13.3. The van der Waals surface area contributed by atoms with Crippen molar-refractivity contribution in [2.75, 3.05) is 19.6 Å². The van der Waals surface area contributed by atoms with E-state index in [2.05, 4.69) is 17.0 Å². The molecule has 0 spiro atoms. The second-order valence-electron chi connectivity index (χ2n) is 5.80. The maximum atomic E-state index is 9.86. The minimum atomic E-state index is -0.274. The van der Waals surface area contributed by atoms with Crippen LogP contribution in [0.15, 0.2) is 29.4 Å². The van der Waals surface area contributed by atoms with Crippen LogP contribution in [-0.2, 0) is 4.84 Å². The first-order valence-electron chi connectivity index (χ1n) is 8.01. The molecule has 1 aliphatic heterocycles. The second-order valence-corrected chi connectivity index (χ2v) is 6.23. The van der Waals surface area contributed by atoms with Crippen LogP contribution in [0.3, 0.4) is 0 Å². The number of benzene rings is 1. The van der Waals surface area contributed by atoms with Gasteiger partial charge in [0, 0.05) is 24.5 Å². The SMILES string of the molecule is CCCN(CC(O)CC)CC1CC(c2ccc(Cl)cc2)=NO1. The predicted molar refractivity (Wildman–Crippen MR) is 90.5 cm³/mol. The van der Waals surface area contributed by atoms with Crippen LogP contribution in [0.2, 0.25) is 5.02 Å². The molecule has 0 saturated heterocycles. The van der Waals surface area contributed by atoms with Gasteiger partial charge in [0.05, 0.1) is 11.8 Å². The van der Waals surface area contributed by atoms with Crippen LogP contribution in [0.5, 0.6) is 0 Å². The summed E-state index contributed by atoms with van der Waals surface area (Å²) in [4.78, 5) is 7.84. The van der Waals surface area contributed by atoms with Crippen molar-refractivity contribution in [2.24, 2.45) is 5.16 Å². The molecule has 0 saturated carbocycles. The Hall–Kier alpha value is -1.10. The molecule has 22 heavy (non-hydrogen) atoms. The summed E-state index contributed by atoms with van der Waals surface area (Å²) in [5.74, 6) is 0. The molecular weight excluding hydrogens is 300 g/mol. The van der Waals surface area contributed by atoms with Gasteiger partial charge in [-0.3, -0.25) is 4.90 Å². The van der Waals surface area contributed by atoms with Gasteiger partial charge in [-0.05, 0) is 37.1 Å². The third kappa shape index (κ3) is 4.97. The molecule has 122 valence electrons. The number of rotatable bonds is 8. The minimum Gasteiger partial charge on any atom is -0.392 e. The molecule has 4 nitrogen and oxygen atoms in total. The first-order chi connectivity index (χ1) is 10.6. The Morgan fingerprint density at radius 1 is 1.36 bits per heavy atom. The van der Waals surface area contributed by atoms with Crippen molar-refractivity contribution in [1.29, 1.82) is 0 Å². The highest BCUT2D eigenvalue weighted by Crippen LogP contribution is 2.19. The zero-order valence-corrected chi connectivity index (χ0v) is 14.1. The van der Waals surface area contributed by atoms with Gasteiger partial charge in [0.25, 0.3) is 0 Å². The number of nitrogens with zero attached hydrogens (tertiary/aromatic N) is 2. The fraction of sp³-hybridized carbons (Fsp3) is 0.588. The van der Waals surface area contributed by atoms with Gasteiger partial charge < -0.3 is 9.94 Å². The Morgan fingerprint density at radius 3 is 2.73 bits per heavy atom. The van der Waals surface area contributed by atoms with E-state index in [0.29, 0.717) is 6.54 Å². The Labute approximate surface area is 137 Å². The predicted octanol–water partition coefficient (Wildman–Crippen LogP) is 3.32. The Morgan fingerprint density at radius 2 is 2.09 bits per heavy atom. The molecule has 2 rings (SSSR count). The van der Waals surface area contributed by atoms with Gasteiger partial charge >= 0.3 is 0 Å². The smallest absolute Gasteiger partial charge is 0.145 e. The van der Waals surface area contributed by atoms with Gasteiger partial charge in [0.15, 0.2) is 0 Å². The summed E-state index contributed by atoms with van der Waals surface area (Å²) in [5.41, 5.74) is 2.02. The highest BCUT2D eigenvalue weighted by molar-refractivity contribution is 6.30. The van der Waals surface area contributed by atoms with Crippen molar-refractivity contribution in [3.05, 3.63) is 34.9 Å². The van der Waals surface area contributed by atoms with Crippen molar-refractivity contribution in [3.8, 4) is 0 Å². The third-order valence-electron chi connectivity index (χ3n) is 3.85. The van der Waals surface area contributed by atoms with Crippen molar-refractivity contribution in [1.82, 2.24) is 4.90 Å². The van der Waals surface area contributed by atoms with E-state index in [-0.39, 0.29) is 12.2 Å². The normalized spacial score (nSPS) is 19.1. The molecule has 0 amide bonds. The molecular formula is C17H25ClN2O2. The lowest BCUT2D eigenvalue weighted by Crippen LogP contribution is -2.38. The van der Waals surface area contributed by atoms with Crippen LogP contribution >= 0.6 is 11.6 Å². The summed E-state index contributed by atoms with van der Waals surface area (Å²) < 4.78 is 0. The van der Waals surface area contributed by atoms with Crippen LogP contribution in [0.1, 0.15) is 38.7 Å². The molecule has 0 bridgehead atoms.